The number of methoxy groups -OCH3 is 1. The molecular formula is C17H18N2O2. The lowest BCUT2D eigenvalue weighted by Gasteiger charge is -2.09. The summed E-state index contributed by atoms with van der Waals surface area (Å²) in [6.07, 6.45) is 0. The molecule has 0 amide bonds. The van der Waals surface area contributed by atoms with E-state index < -0.39 is 0 Å². The Balaban J connectivity index is 1.96. The molecule has 0 saturated heterocycles. The molecule has 0 aromatic heterocycles. The largest absolute Gasteiger partial charge is 0.479 e. The molecular weight excluding hydrogens is 264 g/mol. The highest BCUT2D eigenvalue weighted by molar-refractivity contribution is 5.46. The van der Waals surface area contributed by atoms with Crippen LogP contribution in [-0.4, -0.2) is 13.7 Å². The number of benzene rings is 2. The predicted octanol–water partition coefficient (Wildman–Crippen LogP) is 3.35. The molecule has 0 aliphatic heterocycles. The molecule has 0 aliphatic rings. The number of nitrogens with one attached hydrogen (secondary N) is 1. The van der Waals surface area contributed by atoms with Crippen molar-refractivity contribution >= 4 is 5.69 Å². The SMILES string of the molecule is COCc1cccc(NCc2cccc(OCC#N)c2)c1. The highest BCUT2D eigenvalue weighted by Gasteiger charge is 1.99. The molecule has 4 nitrogen and oxygen atoms in total. The molecule has 0 fully saturated rings. The number of nitriles is 1. The monoisotopic (exact) mass is 282 g/mol. The van der Waals surface area contributed by atoms with E-state index in [1.807, 2.05) is 48.5 Å². The second-order valence-corrected chi connectivity index (χ2v) is 4.58. The lowest BCUT2D eigenvalue weighted by atomic mass is 10.2. The Morgan fingerprint density at radius 3 is 2.71 bits per heavy atom. The third-order valence-electron chi connectivity index (χ3n) is 2.94. The first-order valence-corrected chi connectivity index (χ1v) is 6.72. The molecule has 21 heavy (non-hydrogen) atoms. The summed E-state index contributed by atoms with van der Waals surface area (Å²) < 4.78 is 10.4. The summed E-state index contributed by atoms with van der Waals surface area (Å²) in [5.41, 5.74) is 3.28. The van der Waals surface area contributed by atoms with E-state index in [-0.39, 0.29) is 6.61 Å². The zero-order valence-corrected chi connectivity index (χ0v) is 12.0. The Hall–Kier alpha value is -2.51. The van der Waals surface area contributed by atoms with Crippen LogP contribution in [0.2, 0.25) is 0 Å². The van der Waals surface area contributed by atoms with Gasteiger partial charge in [0.1, 0.15) is 11.8 Å². The van der Waals surface area contributed by atoms with Crippen LogP contribution in [0, 0.1) is 11.3 Å². The molecule has 0 unspecified atom stereocenters. The van der Waals surface area contributed by atoms with Crippen LogP contribution in [-0.2, 0) is 17.9 Å². The Bertz CT molecular complexity index is 620. The Morgan fingerprint density at radius 1 is 1.10 bits per heavy atom. The summed E-state index contributed by atoms with van der Waals surface area (Å²) in [5.74, 6) is 0.712. The average Bonchev–Trinajstić information content (AvgIpc) is 2.52. The van der Waals surface area contributed by atoms with Crippen molar-refractivity contribution in [1.29, 1.82) is 5.26 Å². The normalized spacial score (nSPS) is 9.90. The molecule has 0 saturated carbocycles. The zero-order valence-electron chi connectivity index (χ0n) is 12.0. The van der Waals surface area contributed by atoms with Crippen molar-refractivity contribution in [3.63, 3.8) is 0 Å². The van der Waals surface area contributed by atoms with Crippen molar-refractivity contribution < 1.29 is 9.47 Å². The molecule has 4 heteroatoms. The quantitative estimate of drug-likeness (QED) is 0.846. The van der Waals surface area contributed by atoms with Crippen LogP contribution >= 0.6 is 0 Å². The van der Waals surface area contributed by atoms with Gasteiger partial charge in [0, 0.05) is 19.3 Å². The fourth-order valence-corrected chi connectivity index (χ4v) is 2.00. The van der Waals surface area contributed by atoms with Gasteiger partial charge in [-0.15, -0.1) is 0 Å². The zero-order chi connectivity index (χ0) is 14.9. The summed E-state index contributed by atoms with van der Waals surface area (Å²) in [6, 6.07) is 17.8. The first-order chi connectivity index (χ1) is 10.3. The lowest BCUT2D eigenvalue weighted by molar-refractivity contribution is 0.185. The molecule has 108 valence electrons. The smallest absolute Gasteiger partial charge is 0.174 e. The van der Waals surface area contributed by atoms with Gasteiger partial charge in [-0.2, -0.15) is 5.26 Å². The highest BCUT2D eigenvalue weighted by atomic mass is 16.5. The number of hydrogen-bond donors (Lipinski definition) is 1. The fourth-order valence-electron chi connectivity index (χ4n) is 2.00. The van der Waals surface area contributed by atoms with E-state index in [1.54, 1.807) is 7.11 Å². The number of nitrogens with zero attached hydrogens (tertiary/aromatic N) is 1. The van der Waals surface area contributed by atoms with Gasteiger partial charge in [-0.05, 0) is 35.4 Å². The summed E-state index contributed by atoms with van der Waals surface area (Å²) in [5, 5.41) is 11.9. The fraction of sp³-hybridized carbons (Fsp3) is 0.235. The molecule has 0 bridgehead atoms. The van der Waals surface area contributed by atoms with Gasteiger partial charge < -0.3 is 14.8 Å². The molecule has 0 spiro atoms. The summed E-state index contributed by atoms with van der Waals surface area (Å²) in [4.78, 5) is 0. The van der Waals surface area contributed by atoms with E-state index >= 15 is 0 Å². The first kappa shape index (κ1) is 14.9. The van der Waals surface area contributed by atoms with Crippen LogP contribution in [0.15, 0.2) is 48.5 Å². The van der Waals surface area contributed by atoms with Gasteiger partial charge in [-0.25, -0.2) is 0 Å². The summed E-state index contributed by atoms with van der Waals surface area (Å²) >= 11 is 0. The standard InChI is InChI=1S/C17H18N2O2/c1-20-13-15-5-2-6-16(10-15)19-12-14-4-3-7-17(11-14)21-9-8-18/h2-7,10-11,19H,9,12-13H2,1H3. The molecule has 0 atom stereocenters. The lowest BCUT2D eigenvalue weighted by Crippen LogP contribution is -2.01. The van der Waals surface area contributed by atoms with E-state index in [4.69, 9.17) is 14.7 Å². The molecule has 0 radical (unpaired) electrons. The predicted molar refractivity (Wildman–Crippen MR) is 82.0 cm³/mol. The number of hydrogen-bond acceptors (Lipinski definition) is 4. The second-order valence-electron chi connectivity index (χ2n) is 4.58. The van der Waals surface area contributed by atoms with E-state index in [2.05, 4.69) is 11.4 Å². The van der Waals surface area contributed by atoms with E-state index in [0.717, 1.165) is 16.8 Å². The Labute approximate surface area is 124 Å². The summed E-state index contributed by atoms with van der Waals surface area (Å²) in [7, 11) is 1.69. The molecule has 2 aromatic rings. The Morgan fingerprint density at radius 2 is 1.90 bits per heavy atom. The van der Waals surface area contributed by atoms with Crippen molar-refractivity contribution in [3.8, 4) is 11.8 Å². The van der Waals surface area contributed by atoms with Gasteiger partial charge in [0.2, 0.25) is 0 Å². The number of ether oxygens (including phenoxy) is 2. The maximum Gasteiger partial charge on any atom is 0.174 e. The molecule has 2 rings (SSSR count). The number of rotatable bonds is 7. The minimum Gasteiger partial charge on any atom is -0.479 e. The highest BCUT2D eigenvalue weighted by Crippen LogP contribution is 2.16. The van der Waals surface area contributed by atoms with Crippen molar-refractivity contribution in [1.82, 2.24) is 0 Å². The van der Waals surface area contributed by atoms with Gasteiger partial charge >= 0.3 is 0 Å². The molecule has 1 N–H and O–H groups in total. The molecule has 0 aliphatic carbocycles. The minimum absolute atomic E-state index is 0.0654. The van der Waals surface area contributed by atoms with E-state index in [9.17, 15) is 0 Å². The van der Waals surface area contributed by atoms with Crippen molar-refractivity contribution in [3.05, 3.63) is 59.7 Å². The van der Waals surface area contributed by atoms with Crippen molar-refractivity contribution in [2.24, 2.45) is 0 Å². The van der Waals surface area contributed by atoms with Gasteiger partial charge in [-0.3, -0.25) is 0 Å². The topological polar surface area (TPSA) is 54.3 Å². The first-order valence-electron chi connectivity index (χ1n) is 6.72. The van der Waals surface area contributed by atoms with E-state index in [0.29, 0.717) is 18.9 Å². The van der Waals surface area contributed by atoms with Crippen LogP contribution in [0.4, 0.5) is 5.69 Å². The van der Waals surface area contributed by atoms with Crippen LogP contribution in [0.5, 0.6) is 5.75 Å². The van der Waals surface area contributed by atoms with E-state index in [1.165, 1.54) is 0 Å². The maximum atomic E-state index is 8.52. The van der Waals surface area contributed by atoms with Crippen LogP contribution < -0.4 is 10.1 Å². The maximum absolute atomic E-state index is 8.52. The van der Waals surface area contributed by atoms with Crippen LogP contribution in [0.25, 0.3) is 0 Å². The summed E-state index contributed by atoms with van der Waals surface area (Å²) in [6.45, 7) is 1.36. The minimum atomic E-state index is 0.0654. The second kappa shape index (κ2) is 7.93. The third kappa shape index (κ3) is 4.83. The van der Waals surface area contributed by atoms with Crippen molar-refractivity contribution in [2.45, 2.75) is 13.2 Å². The number of anilines is 1. The van der Waals surface area contributed by atoms with Gasteiger partial charge in [0.15, 0.2) is 6.61 Å². The van der Waals surface area contributed by atoms with Gasteiger partial charge in [0.05, 0.1) is 6.61 Å². The van der Waals surface area contributed by atoms with Crippen LogP contribution in [0.1, 0.15) is 11.1 Å². The van der Waals surface area contributed by atoms with Gasteiger partial charge in [0.25, 0.3) is 0 Å². The Kier molecular flexibility index (Phi) is 5.62. The third-order valence-corrected chi connectivity index (χ3v) is 2.94. The average molecular weight is 282 g/mol. The van der Waals surface area contributed by atoms with Gasteiger partial charge in [-0.1, -0.05) is 24.3 Å². The van der Waals surface area contributed by atoms with Crippen LogP contribution in [0.3, 0.4) is 0 Å². The molecule has 2 aromatic carbocycles. The molecule has 0 heterocycles. The van der Waals surface area contributed by atoms with Crippen molar-refractivity contribution in [2.75, 3.05) is 19.0 Å².